The zero-order valence-electron chi connectivity index (χ0n) is 11.9. The van der Waals surface area contributed by atoms with Crippen LogP contribution in [0.5, 0.6) is 0 Å². The molecule has 1 aliphatic heterocycles. The summed E-state index contributed by atoms with van der Waals surface area (Å²) in [4.78, 5) is 6.76. The topological polar surface area (TPSA) is 28.2 Å². The van der Waals surface area contributed by atoms with Crippen LogP contribution in [-0.2, 0) is 6.54 Å². The van der Waals surface area contributed by atoms with Gasteiger partial charge in [-0.1, -0.05) is 19.3 Å². The fraction of sp³-hybridized carbons (Fsp3) is 0.688. The summed E-state index contributed by atoms with van der Waals surface area (Å²) < 4.78 is 0. The third kappa shape index (κ3) is 2.98. The van der Waals surface area contributed by atoms with Gasteiger partial charge in [0, 0.05) is 43.6 Å². The zero-order valence-corrected chi connectivity index (χ0v) is 11.9. The van der Waals surface area contributed by atoms with Gasteiger partial charge in [-0.05, 0) is 37.5 Å². The number of nitrogens with zero attached hydrogens (tertiary/aromatic N) is 2. The molecular formula is C16H25N3. The van der Waals surface area contributed by atoms with E-state index in [4.69, 9.17) is 0 Å². The molecular weight excluding hydrogens is 234 g/mol. The maximum atomic E-state index is 4.11. The third-order valence-corrected chi connectivity index (χ3v) is 4.85. The summed E-state index contributed by atoms with van der Waals surface area (Å²) in [6.07, 6.45) is 10.7. The van der Waals surface area contributed by atoms with Crippen LogP contribution in [0.25, 0.3) is 0 Å². The van der Waals surface area contributed by atoms with Gasteiger partial charge in [-0.25, -0.2) is 0 Å². The molecule has 2 fully saturated rings. The van der Waals surface area contributed by atoms with Crippen molar-refractivity contribution < 1.29 is 0 Å². The predicted octanol–water partition coefficient (Wildman–Crippen LogP) is 2.58. The van der Waals surface area contributed by atoms with E-state index in [9.17, 15) is 0 Å². The van der Waals surface area contributed by atoms with Crippen LogP contribution in [0.2, 0.25) is 0 Å². The second-order valence-electron chi connectivity index (χ2n) is 6.33. The highest BCUT2D eigenvalue weighted by Gasteiger charge is 2.38. The van der Waals surface area contributed by atoms with E-state index in [1.807, 2.05) is 12.4 Å². The lowest BCUT2D eigenvalue weighted by Gasteiger charge is -2.49. The Balaban J connectivity index is 1.69. The maximum Gasteiger partial charge on any atom is 0.0309 e. The van der Waals surface area contributed by atoms with Gasteiger partial charge in [0.15, 0.2) is 0 Å². The molecule has 0 bridgehead atoms. The quantitative estimate of drug-likeness (QED) is 0.885. The van der Waals surface area contributed by atoms with Crippen LogP contribution in [-0.4, -0.2) is 34.6 Å². The molecule has 3 heteroatoms. The molecule has 1 aromatic rings. The first-order chi connectivity index (χ1) is 9.27. The fourth-order valence-electron chi connectivity index (χ4n) is 3.59. The van der Waals surface area contributed by atoms with Gasteiger partial charge in [-0.2, -0.15) is 0 Å². The minimum Gasteiger partial charge on any atom is -0.308 e. The highest BCUT2D eigenvalue weighted by Crippen LogP contribution is 2.32. The lowest BCUT2D eigenvalue weighted by atomic mass is 9.79. The molecule has 1 spiro atoms. The van der Waals surface area contributed by atoms with Crippen molar-refractivity contribution in [1.29, 1.82) is 0 Å². The third-order valence-electron chi connectivity index (χ3n) is 4.85. The van der Waals surface area contributed by atoms with E-state index >= 15 is 0 Å². The van der Waals surface area contributed by atoms with Crippen molar-refractivity contribution in [2.24, 2.45) is 0 Å². The van der Waals surface area contributed by atoms with E-state index in [1.54, 1.807) is 0 Å². The Hall–Kier alpha value is -0.930. The van der Waals surface area contributed by atoms with E-state index in [1.165, 1.54) is 44.2 Å². The number of aromatic nitrogens is 1. The average Bonchev–Trinajstić information content (AvgIpc) is 2.45. The van der Waals surface area contributed by atoms with Crippen molar-refractivity contribution in [1.82, 2.24) is 15.2 Å². The van der Waals surface area contributed by atoms with Crippen LogP contribution >= 0.6 is 0 Å². The monoisotopic (exact) mass is 259 g/mol. The smallest absolute Gasteiger partial charge is 0.0309 e. The normalized spacial score (nSPS) is 27.5. The summed E-state index contributed by atoms with van der Waals surface area (Å²) in [6, 6.07) is 4.91. The molecule has 1 aromatic heterocycles. The number of hydrogen-bond donors (Lipinski definition) is 1. The van der Waals surface area contributed by atoms with Crippen LogP contribution in [0.15, 0.2) is 24.5 Å². The predicted molar refractivity (Wildman–Crippen MR) is 77.9 cm³/mol. The molecule has 1 unspecified atom stereocenters. The SMILES string of the molecule is CC1CNC2(CCCCC2)CN1Cc1ccncc1. The van der Waals surface area contributed by atoms with Crippen molar-refractivity contribution in [2.75, 3.05) is 13.1 Å². The molecule has 3 rings (SSSR count). The minimum atomic E-state index is 0.401. The summed E-state index contributed by atoms with van der Waals surface area (Å²) in [5.74, 6) is 0. The Labute approximate surface area is 116 Å². The van der Waals surface area contributed by atoms with Gasteiger partial charge >= 0.3 is 0 Å². The van der Waals surface area contributed by atoms with Crippen LogP contribution in [0.3, 0.4) is 0 Å². The van der Waals surface area contributed by atoms with Gasteiger partial charge in [0.2, 0.25) is 0 Å². The van der Waals surface area contributed by atoms with Crippen LogP contribution < -0.4 is 5.32 Å². The van der Waals surface area contributed by atoms with Crippen molar-refractivity contribution in [2.45, 2.75) is 57.2 Å². The molecule has 2 heterocycles. The second kappa shape index (κ2) is 5.59. The molecule has 19 heavy (non-hydrogen) atoms. The molecule has 104 valence electrons. The Morgan fingerprint density at radius 3 is 2.74 bits per heavy atom. The van der Waals surface area contributed by atoms with Crippen molar-refractivity contribution in [3.05, 3.63) is 30.1 Å². The summed E-state index contributed by atoms with van der Waals surface area (Å²) >= 11 is 0. The molecule has 1 saturated carbocycles. The fourth-order valence-corrected chi connectivity index (χ4v) is 3.59. The summed E-state index contributed by atoms with van der Waals surface area (Å²) in [5, 5.41) is 3.85. The summed E-state index contributed by atoms with van der Waals surface area (Å²) in [6.45, 7) is 5.73. The highest BCUT2D eigenvalue weighted by atomic mass is 15.2. The Morgan fingerprint density at radius 2 is 2.00 bits per heavy atom. The van der Waals surface area contributed by atoms with Gasteiger partial charge < -0.3 is 5.32 Å². The Bertz CT molecular complexity index is 398. The van der Waals surface area contributed by atoms with E-state index in [0.717, 1.165) is 13.1 Å². The maximum absolute atomic E-state index is 4.11. The summed E-state index contributed by atoms with van der Waals surface area (Å²) in [7, 11) is 0. The molecule has 1 N–H and O–H groups in total. The number of rotatable bonds is 2. The van der Waals surface area contributed by atoms with Crippen molar-refractivity contribution >= 4 is 0 Å². The Morgan fingerprint density at radius 1 is 1.26 bits per heavy atom. The average molecular weight is 259 g/mol. The van der Waals surface area contributed by atoms with Gasteiger partial charge in [0.1, 0.15) is 0 Å². The van der Waals surface area contributed by atoms with Crippen molar-refractivity contribution in [3.63, 3.8) is 0 Å². The molecule has 1 saturated heterocycles. The number of piperazine rings is 1. The van der Waals surface area contributed by atoms with E-state index < -0.39 is 0 Å². The highest BCUT2D eigenvalue weighted by molar-refractivity contribution is 5.11. The Kier molecular flexibility index (Phi) is 3.85. The largest absolute Gasteiger partial charge is 0.308 e. The molecule has 2 aliphatic rings. The summed E-state index contributed by atoms with van der Waals surface area (Å²) in [5.41, 5.74) is 1.78. The number of nitrogens with one attached hydrogen (secondary N) is 1. The zero-order chi connectivity index (χ0) is 13.1. The second-order valence-corrected chi connectivity index (χ2v) is 6.33. The van der Waals surface area contributed by atoms with E-state index in [-0.39, 0.29) is 0 Å². The van der Waals surface area contributed by atoms with E-state index in [0.29, 0.717) is 11.6 Å². The molecule has 3 nitrogen and oxygen atoms in total. The van der Waals surface area contributed by atoms with Crippen LogP contribution in [0.1, 0.15) is 44.6 Å². The molecule has 0 radical (unpaired) electrons. The van der Waals surface area contributed by atoms with Crippen LogP contribution in [0, 0.1) is 0 Å². The first-order valence-electron chi connectivity index (χ1n) is 7.65. The first kappa shape index (κ1) is 13.1. The van der Waals surface area contributed by atoms with Gasteiger partial charge in [-0.15, -0.1) is 0 Å². The minimum absolute atomic E-state index is 0.401. The van der Waals surface area contributed by atoms with Gasteiger partial charge in [-0.3, -0.25) is 9.88 Å². The van der Waals surface area contributed by atoms with E-state index in [2.05, 4.69) is 34.3 Å². The molecule has 0 amide bonds. The first-order valence-corrected chi connectivity index (χ1v) is 7.65. The molecule has 0 aromatic carbocycles. The standard InChI is InChI=1S/C16H25N3/c1-14-11-18-16(7-3-2-4-8-16)13-19(14)12-15-5-9-17-10-6-15/h5-6,9-10,14,18H,2-4,7-8,11-13H2,1H3. The van der Waals surface area contributed by atoms with Crippen molar-refractivity contribution in [3.8, 4) is 0 Å². The lowest BCUT2D eigenvalue weighted by molar-refractivity contribution is 0.0573. The molecule has 1 atom stereocenters. The van der Waals surface area contributed by atoms with Gasteiger partial charge in [0.05, 0.1) is 0 Å². The van der Waals surface area contributed by atoms with Gasteiger partial charge in [0.25, 0.3) is 0 Å². The number of pyridine rings is 1. The van der Waals surface area contributed by atoms with Crippen LogP contribution in [0.4, 0.5) is 0 Å². The number of hydrogen-bond acceptors (Lipinski definition) is 3. The molecule has 1 aliphatic carbocycles. The lowest BCUT2D eigenvalue weighted by Crippen LogP contribution is -2.63.